The molecule has 0 aliphatic rings. The van der Waals surface area contributed by atoms with E-state index in [4.69, 9.17) is 16.7 Å². The van der Waals surface area contributed by atoms with Gasteiger partial charge in [0.05, 0.1) is 5.92 Å². The van der Waals surface area contributed by atoms with Crippen molar-refractivity contribution in [3.05, 3.63) is 35.9 Å². The molecule has 0 heterocycles. The number of benzene rings is 1. The lowest BCUT2D eigenvalue weighted by molar-refractivity contribution is -0.119. The van der Waals surface area contributed by atoms with E-state index >= 15 is 0 Å². The highest BCUT2D eigenvalue weighted by Gasteiger charge is 2.24. The monoisotopic (exact) mass is 278 g/mol. The number of hydrogen-bond acceptors (Lipinski definition) is 4. The number of amides is 1. The molecule has 1 amide bonds. The standard InChI is InChI=1S/C14H22N4O2/c1-14(2,8-12(15)19)17-9-11(13(16)18-20)10-6-4-3-5-7-10/h3-7,11,17,20H,8-9H2,1-2H3,(H2,15,19)(H2,16,18). The largest absolute Gasteiger partial charge is 0.409 e. The first kappa shape index (κ1) is 16.0. The van der Waals surface area contributed by atoms with E-state index in [1.54, 1.807) is 0 Å². The second-order valence-electron chi connectivity index (χ2n) is 5.40. The Kier molecular flexibility index (Phi) is 5.52. The Morgan fingerprint density at radius 2 is 1.95 bits per heavy atom. The van der Waals surface area contributed by atoms with Gasteiger partial charge in [-0.25, -0.2) is 0 Å². The third kappa shape index (κ3) is 4.89. The summed E-state index contributed by atoms with van der Waals surface area (Å²) >= 11 is 0. The number of hydrogen-bond donors (Lipinski definition) is 4. The molecule has 0 radical (unpaired) electrons. The number of nitrogens with one attached hydrogen (secondary N) is 1. The van der Waals surface area contributed by atoms with E-state index in [-0.39, 0.29) is 24.1 Å². The summed E-state index contributed by atoms with van der Waals surface area (Å²) in [5, 5.41) is 15.2. The number of carbonyl (C=O) groups excluding carboxylic acids is 1. The maximum absolute atomic E-state index is 11.0. The number of carbonyl (C=O) groups is 1. The van der Waals surface area contributed by atoms with Crippen molar-refractivity contribution in [1.82, 2.24) is 5.32 Å². The maximum atomic E-state index is 11.0. The van der Waals surface area contributed by atoms with E-state index in [2.05, 4.69) is 10.5 Å². The summed E-state index contributed by atoms with van der Waals surface area (Å²) in [5.74, 6) is -0.519. The molecule has 1 aromatic carbocycles. The molecule has 20 heavy (non-hydrogen) atoms. The minimum atomic E-state index is -0.450. The van der Waals surface area contributed by atoms with Gasteiger partial charge in [-0.15, -0.1) is 0 Å². The number of primary amides is 1. The molecule has 0 fully saturated rings. The number of nitrogens with two attached hydrogens (primary N) is 2. The average molecular weight is 278 g/mol. The van der Waals surface area contributed by atoms with Crippen molar-refractivity contribution in [2.75, 3.05) is 6.54 Å². The summed E-state index contributed by atoms with van der Waals surface area (Å²) in [4.78, 5) is 11.0. The summed E-state index contributed by atoms with van der Waals surface area (Å²) in [6.45, 7) is 4.21. The summed E-state index contributed by atoms with van der Waals surface area (Å²) in [6, 6.07) is 9.50. The van der Waals surface area contributed by atoms with Crippen LogP contribution >= 0.6 is 0 Å². The molecule has 110 valence electrons. The van der Waals surface area contributed by atoms with Crippen LogP contribution in [0.4, 0.5) is 0 Å². The van der Waals surface area contributed by atoms with Crippen molar-refractivity contribution in [3.63, 3.8) is 0 Å². The van der Waals surface area contributed by atoms with Gasteiger partial charge < -0.3 is 22.0 Å². The van der Waals surface area contributed by atoms with E-state index < -0.39 is 5.54 Å². The summed E-state index contributed by atoms with van der Waals surface area (Å²) < 4.78 is 0. The lowest BCUT2D eigenvalue weighted by atomic mass is 9.94. The molecule has 0 saturated carbocycles. The summed E-state index contributed by atoms with van der Waals surface area (Å²) in [5.41, 5.74) is 11.4. The first-order valence-corrected chi connectivity index (χ1v) is 6.41. The maximum Gasteiger partial charge on any atom is 0.219 e. The highest BCUT2D eigenvalue weighted by atomic mass is 16.4. The number of rotatable bonds is 7. The molecule has 1 rings (SSSR count). The van der Waals surface area contributed by atoms with Crippen LogP contribution in [0.1, 0.15) is 31.7 Å². The molecule has 0 aliphatic carbocycles. The lowest BCUT2D eigenvalue weighted by Crippen LogP contribution is -2.46. The zero-order valence-electron chi connectivity index (χ0n) is 11.8. The number of amidine groups is 1. The molecule has 0 bridgehead atoms. The second kappa shape index (κ2) is 6.91. The minimum Gasteiger partial charge on any atom is -0.409 e. The number of oxime groups is 1. The Balaban J connectivity index is 2.80. The molecule has 6 heteroatoms. The third-order valence-corrected chi connectivity index (χ3v) is 3.08. The Hall–Kier alpha value is -2.08. The van der Waals surface area contributed by atoms with Crippen molar-refractivity contribution >= 4 is 11.7 Å². The van der Waals surface area contributed by atoms with Crippen LogP contribution in [-0.4, -0.2) is 29.0 Å². The van der Waals surface area contributed by atoms with Crippen LogP contribution in [0.15, 0.2) is 35.5 Å². The van der Waals surface area contributed by atoms with Crippen LogP contribution in [0.5, 0.6) is 0 Å². The van der Waals surface area contributed by atoms with Gasteiger partial charge in [-0.2, -0.15) is 0 Å². The second-order valence-corrected chi connectivity index (χ2v) is 5.40. The Bertz CT molecular complexity index is 471. The van der Waals surface area contributed by atoms with Crippen molar-refractivity contribution in [1.29, 1.82) is 0 Å². The van der Waals surface area contributed by atoms with Crippen LogP contribution in [-0.2, 0) is 4.79 Å². The van der Waals surface area contributed by atoms with Crippen LogP contribution in [0.3, 0.4) is 0 Å². The van der Waals surface area contributed by atoms with Gasteiger partial charge >= 0.3 is 0 Å². The Morgan fingerprint density at radius 3 is 2.45 bits per heavy atom. The Labute approximate surface area is 118 Å². The van der Waals surface area contributed by atoms with Crippen LogP contribution in [0.25, 0.3) is 0 Å². The lowest BCUT2D eigenvalue weighted by Gasteiger charge is -2.27. The molecule has 1 unspecified atom stereocenters. The average Bonchev–Trinajstić information content (AvgIpc) is 2.38. The first-order chi connectivity index (χ1) is 9.35. The first-order valence-electron chi connectivity index (χ1n) is 6.41. The normalized spacial score (nSPS) is 14.0. The zero-order valence-corrected chi connectivity index (χ0v) is 11.8. The van der Waals surface area contributed by atoms with Gasteiger partial charge in [-0.3, -0.25) is 4.79 Å². The fourth-order valence-electron chi connectivity index (χ4n) is 2.02. The van der Waals surface area contributed by atoms with Crippen molar-refractivity contribution in [2.45, 2.75) is 31.7 Å². The SMILES string of the molecule is CC(C)(CC(N)=O)NCC(/C(N)=N/O)c1ccccc1. The number of nitrogens with zero attached hydrogens (tertiary/aromatic N) is 1. The van der Waals surface area contributed by atoms with Crippen molar-refractivity contribution in [3.8, 4) is 0 Å². The minimum absolute atomic E-state index is 0.124. The smallest absolute Gasteiger partial charge is 0.219 e. The van der Waals surface area contributed by atoms with Gasteiger partial charge in [0.15, 0.2) is 0 Å². The van der Waals surface area contributed by atoms with E-state index in [1.807, 2.05) is 44.2 Å². The molecular weight excluding hydrogens is 256 g/mol. The fourth-order valence-corrected chi connectivity index (χ4v) is 2.02. The third-order valence-electron chi connectivity index (χ3n) is 3.08. The predicted octanol–water partition coefficient (Wildman–Crippen LogP) is 0.760. The van der Waals surface area contributed by atoms with Crippen LogP contribution in [0, 0.1) is 0 Å². The molecule has 6 N–H and O–H groups in total. The van der Waals surface area contributed by atoms with Crippen LogP contribution < -0.4 is 16.8 Å². The van der Waals surface area contributed by atoms with Gasteiger partial charge in [0.1, 0.15) is 5.84 Å². The van der Waals surface area contributed by atoms with E-state index in [0.717, 1.165) is 5.56 Å². The van der Waals surface area contributed by atoms with Crippen LogP contribution in [0.2, 0.25) is 0 Å². The van der Waals surface area contributed by atoms with Crippen molar-refractivity contribution in [2.24, 2.45) is 16.6 Å². The molecular formula is C14H22N4O2. The molecule has 0 spiro atoms. The molecule has 6 nitrogen and oxygen atoms in total. The van der Waals surface area contributed by atoms with Crippen molar-refractivity contribution < 1.29 is 10.0 Å². The summed E-state index contributed by atoms with van der Waals surface area (Å²) in [7, 11) is 0. The zero-order chi connectivity index (χ0) is 15.2. The molecule has 1 aromatic rings. The van der Waals surface area contributed by atoms with Gasteiger partial charge in [-0.1, -0.05) is 35.5 Å². The highest BCUT2D eigenvalue weighted by Crippen LogP contribution is 2.17. The van der Waals surface area contributed by atoms with Gasteiger partial charge in [0.25, 0.3) is 0 Å². The topological polar surface area (TPSA) is 114 Å². The fraction of sp³-hybridized carbons (Fsp3) is 0.429. The molecule has 0 aromatic heterocycles. The highest BCUT2D eigenvalue weighted by molar-refractivity contribution is 5.87. The van der Waals surface area contributed by atoms with E-state index in [0.29, 0.717) is 6.54 Å². The summed E-state index contributed by atoms with van der Waals surface area (Å²) in [6.07, 6.45) is 0.213. The van der Waals surface area contributed by atoms with E-state index in [9.17, 15) is 4.79 Å². The van der Waals surface area contributed by atoms with Gasteiger partial charge in [0, 0.05) is 18.5 Å². The Morgan fingerprint density at radius 1 is 1.35 bits per heavy atom. The predicted molar refractivity (Wildman–Crippen MR) is 78.5 cm³/mol. The molecule has 0 aliphatic heterocycles. The van der Waals surface area contributed by atoms with E-state index in [1.165, 1.54) is 0 Å². The quantitative estimate of drug-likeness (QED) is 0.255. The molecule has 0 saturated heterocycles. The van der Waals surface area contributed by atoms with Gasteiger partial charge in [-0.05, 0) is 19.4 Å². The molecule has 1 atom stereocenters. The van der Waals surface area contributed by atoms with Gasteiger partial charge in [0.2, 0.25) is 5.91 Å².